The minimum Gasteiger partial charge on any atom is -0.126 e. The third-order valence-electron chi connectivity index (χ3n) is 1.58. The highest BCUT2D eigenvalue weighted by atomic mass is 32.2. The van der Waals surface area contributed by atoms with Crippen molar-refractivity contribution in [1.82, 2.24) is 0 Å². The molecule has 1 heteroatoms. The summed E-state index contributed by atoms with van der Waals surface area (Å²) in [6.45, 7) is 5.82. The molecule has 12 heavy (non-hydrogen) atoms. The number of hydrogen-bond acceptors (Lipinski definition) is 1. The molecule has 0 N–H and O–H groups in total. The van der Waals surface area contributed by atoms with E-state index < -0.39 is 0 Å². The Hall–Kier alpha value is -0.690. The van der Waals surface area contributed by atoms with Crippen molar-refractivity contribution in [2.75, 3.05) is 5.75 Å². The fraction of sp³-hybridized carbons (Fsp3) is 0.273. The average molecular weight is 178 g/mol. The molecule has 0 nitrogen and oxygen atoms in total. The van der Waals surface area contributed by atoms with E-state index in [4.69, 9.17) is 0 Å². The summed E-state index contributed by atoms with van der Waals surface area (Å²) in [6, 6.07) is 8.59. The molecule has 0 aliphatic rings. The number of aryl methyl sites for hydroxylation is 1. The first-order valence-electron chi connectivity index (χ1n) is 4.13. The van der Waals surface area contributed by atoms with Gasteiger partial charge in [-0.25, -0.2) is 0 Å². The van der Waals surface area contributed by atoms with E-state index >= 15 is 0 Å². The summed E-state index contributed by atoms with van der Waals surface area (Å²) in [6.07, 6.45) is 3.04. The lowest BCUT2D eigenvalue weighted by Gasteiger charge is -1.99. The minimum atomic E-state index is 1.08. The predicted octanol–water partition coefficient (Wildman–Crippen LogP) is 3.66. The molecule has 0 heterocycles. The fourth-order valence-electron chi connectivity index (χ4n) is 0.965. The molecule has 64 valence electrons. The second kappa shape index (κ2) is 5.04. The smallest absolute Gasteiger partial charge is 0.00746 e. The SMILES string of the molecule is C=CCCSc1cccc(C)c1. The summed E-state index contributed by atoms with van der Waals surface area (Å²) in [5, 5.41) is 0. The molecule has 1 aromatic rings. The Labute approximate surface area is 78.7 Å². The number of hydrogen-bond donors (Lipinski definition) is 0. The lowest BCUT2D eigenvalue weighted by Crippen LogP contribution is -1.77. The van der Waals surface area contributed by atoms with E-state index in [0.717, 1.165) is 12.2 Å². The molecule has 0 aromatic heterocycles. The van der Waals surface area contributed by atoms with Crippen molar-refractivity contribution in [2.45, 2.75) is 18.2 Å². The summed E-state index contributed by atoms with van der Waals surface area (Å²) >= 11 is 1.89. The second-order valence-corrected chi connectivity index (χ2v) is 3.91. The van der Waals surface area contributed by atoms with Gasteiger partial charge in [0.2, 0.25) is 0 Å². The minimum absolute atomic E-state index is 1.08. The standard InChI is InChI=1S/C11H14S/c1-3-4-8-12-11-7-5-6-10(2)9-11/h3,5-7,9H,1,4,8H2,2H3. The summed E-state index contributed by atoms with van der Waals surface area (Å²) in [5.41, 5.74) is 1.33. The highest BCUT2D eigenvalue weighted by Gasteiger charge is 1.91. The fourth-order valence-corrected chi connectivity index (χ4v) is 1.93. The summed E-state index contributed by atoms with van der Waals surface area (Å²) in [5.74, 6) is 1.13. The van der Waals surface area contributed by atoms with Gasteiger partial charge in [0, 0.05) is 10.6 Å². The Bertz CT molecular complexity index is 253. The molecule has 0 saturated heterocycles. The van der Waals surface area contributed by atoms with Gasteiger partial charge in [0.05, 0.1) is 0 Å². The molecular weight excluding hydrogens is 164 g/mol. The number of benzene rings is 1. The van der Waals surface area contributed by atoms with E-state index in [1.165, 1.54) is 10.5 Å². The lowest BCUT2D eigenvalue weighted by atomic mass is 10.2. The maximum atomic E-state index is 3.70. The zero-order chi connectivity index (χ0) is 8.81. The molecule has 0 aliphatic heterocycles. The third kappa shape index (κ3) is 3.14. The van der Waals surface area contributed by atoms with Crippen LogP contribution in [-0.2, 0) is 0 Å². The van der Waals surface area contributed by atoms with Crippen LogP contribution in [0, 0.1) is 6.92 Å². The molecule has 0 radical (unpaired) electrons. The van der Waals surface area contributed by atoms with Crippen molar-refractivity contribution in [2.24, 2.45) is 0 Å². The molecule has 0 unspecified atom stereocenters. The van der Waals surface area contributed by atoms with Gasteiger partial charge in [-0.05, 0) is 25.5 Å². The molecule has 0 atom stereocenters. The van der Waals surface area contributed by atoms with E-state index in [2.05, 4.69) is 37.8 Å². The predicted molar refractivity (Wildman–Crippen MR) is 56.7 cm³/mol. The first-order valence-corrected chi connectivity index (χ1v) is 5.12. The monoisotopic (exact) mass is 178 g/mol. The summed E-state index contributed by atoms with van der Waals surface area (Å²) in [4.78, 5) is 1.36. The van der Waals surface area contributed by atoms with Crippen molar-refractivity contribution in [3.05, 3.63) is 42.5 Å². The first-order chi connectivity index (χ1) is 5.83. The first kappa shape index (κ1) is 9.40. The van der Waals surface area contributed by atoms with Crippen LogP contribution in [0.1, 0.15) is 12.0 Å². The largest absolute Gasteiger partial charge is 0.126 e. The van der Waals surface area contributed by atoms with Crippen LogP contribution in [0.2, 0.25) is 0 Å². The van der Waals surface area contributed by atoms with Gasteiger partial charge in [0.15, 0.2) is 0 Å². The van der Waals surface area contributed by atoms with Crippen molar-refractivity contribution >= 4 is 11.8 Å². The van der Waals surface area contributed by atoms with Gasteiger partial charge >= 0.3 is 0 Å². The van der Waals surface area contributed by atoms with Crippen molar-refractivity contribution in [1.29, 1.82) is 0 Å². The van der Waals surface area contributed by atoms with Crippen molar-refractivity contribution < 1.29 is 0 Å². The molecular formula is C11H14S. The van der Waals surface area contributed by atoms with Crippen molar-refractivity contribution in [3.8, 4) is 0 Å². The number of allylic oxidation sites excluding steroid dienone is 1. The highest BCUT2D eigenvalue weighted by molar-refractivity contribution is 7.99. The van der Waals surface area contributed by atoms with Crippen LogP contribution in [0.4, 0.5) is 0 Å². The van der Waals surface area contributed by atoms with Gasteiger partial charge in [-0.15, -0.1) is 18.3 Å². The number of rotatable bonds is 4. The van der Waals surface area contributed by atoms with Gasteiger partial charge in [0.25, 0.3) is 0 Å². The Balaban J connectivity index is 2.46. The highest BCUT2D eigenvalue weighted by Crippen LogP contribution is 2.19. The van der Waals surface area contributed by atoms with Gasteiger partial charge in [0.1, 0.15) is 0 Å². The molecule has 0 aliphatic carbocycles. The van der Waals surface area contributed by atoms with Crippen LogP contribution in [-0.4, -0.2) is 5.75 Å². The lowest BCUT2D eigenvalue weighted by molar-refractivity contribution is 1.24. The Morgan fingerprint density at radius 3 is 3.00 bits per heavy atom. The number of thioether (sulfide) groups is 1. The molecule has 1 aromatic carbocycles. The van der Waals surface area contributed by atoms with E-state index in [-0.39, 0.29) is 0 Å². The van der Waals surface area contributed by atoms with Gasteiger partial charge < -0.3 is 0 Å². The molecule has 0 spiro atoms. The van der Waals surface area contributed by atoms with Gasteiger partial charge in [-0.2, -0.15) is 0 Å². The van der Waals surface area contributed by atoms with Crippen LogP contribution < -0.4 is 0 Å². The zero-order valence-electron chi connectivity index (χ0n) is 7.42. The van der Waals surface area contributed by atoms with Crippen LogP contribution in [0.15, 0.2) is 41.8 Å². The van der Waals surface area contributed by atoms with Crippen molar-refractivity contribution in [3.63, 3.8) is 0 Å². The quantitative estimate of drug-likeness (QED) is 0.385. The Kier molecular flexibility index (Phi) is 3.95. The average Bonchev–Trinajstić information content (AvgIpc) is 2.05. The van der Waals surface area contributed by atoms with Crippen LogP contribution in [0.25, 0.3) is 0 Å². The molecule has 0 saturated carbocycles. The normalized spacial score (nSPS) is 9.75. The van der Waals surface area contributed by atoms with Crippen LogP contribution in [0.5, 0.6) is 0 Å². The Morgan fingerprint density at radius 2 is 2.33 bits per heavy atom. The van der Waals surface area contributed by atoms with Crippen LogP contribution in [0.3, 0.4) is 0 Å². The third-order valence-corrected chi connectivity index (χ3v) is 2.61. The summed E-state index contributed by atoms with van der Waals surface area (Å²) in [7, 11) is 0. The molecule has 1 rings (SSSR count). The van der Waals surface area contributed by atoms with E-state index in [1.54, 1.807) is 0 Å². The molecule has 0 fully saturated rings. The van der Waals surface area contributed by atoms with E-state index in [1.807, 2.05) is 17.8 Å². The van der Waals surface area contributed by atoms with Crippen LogP contribution >= 0.6 is 11.8 Å². The summed E-state index contributed by atoms with van der Waals surface area (Å²) < 4.78 is 0. The van der Waals surface area contributed by atoms with E-state index in [9.17, 15) is 0 Å². The van der Waals surface area contributed by atoms with Gasteiger partial charge in [-0.3, -0.25) is 0 Å². The second-order valence-electron chi connectivity index (χ2n) is 2.74. The van der Waals surface area contributed by atoms with E-state index in [0.29, 0.717) is 0 Å². The molecule has 0 amide bonds. The zero-order valence-corrected chi connectivity index (χ0v) is 8.23. The molecule has 0 bridgehead atoms. The Morgan fingerprint density at radius 1 is 1.50 bits per heavy atom. The maximum Gasteiger partial charge on any atom is 0.00746 e. The van der Waals surface area contributed by atoms with Gasteiger partial charge in [-0.1, -0.05) is 23.8 Å². The maximum absolute atomic E-state index is 3.70. The topological polar surface area (TPSA) is 0 Å².